The van der Waals surface area contributed by atoms with E-state index in [-0.39, 0.29) is 11.9 Å². The molecule has 0 aromatic heterocycles. The molecule has 11 heavy (non-hydrogen) atoms. The average Bonchev–Trinajstić information content (AvgIpc) is 2.31. The molecule has 0 radical (unpaired) electrons. The van der Waals surface area contributed by atoms with Gasteiger partial charge in [-0.05, 0) is 6.08 Å². The van der Waals surface area contributed by atoms with Crippen molar-refractivity contribution >= 4 is 12.2 Å². The molecule has 2 aliphatic rings. The van der Waals surface area contributed by atoms with E-state index in [0.717, 1.165) is 0 Å². The SMILES string of the molecule is NC1=C[C@H]2C(=O)NC=NN2C1. The van der Waals surface area contributed by atoms with Gasteiger partial charge < -0.3 is 11.1 Å². The smallest absolute Gasteiger partial charge is 0.253 e. The summed E-state index contributed by atoms with van der Waals surface area (Å²) in [6, 6.07) is -0.292. The quantitative estimate of drug-likeness (QED) is 0.448. The van der Waals surface area contributed by atoms with E-state index in [2.05, 4.69) is 10.4 Å². The molecule has 2 aliphatic heterocycles. The largest absolute Gasteiger partial charge is 0.401 e. The molecule has 1 amide bonds. The summed E-state index contributed by atoms with van der Waals surface area (Å²) in [5.41, 5.74) is 6.22. The predicted octanol–water partition coefficient (Wildman–Crippen LogP) is -1.41. The first-order chi connectivity index (χ1) is 5.27. The van der Waals surface area contributed by atoms with E-state index in [9.17, 15) is 4.79 Å². The highest BCUT2D eigenvalue weighted by atomic mass is 16.2. The second-order valence-electron chi connectivity index (χ2n) is 2.54. The van der Waals surface area contributed by atoms with E-state index in [1.165, 1.54) is 6.34 Å². The third-order valence-electron chi connectivity index (χ3n) is 1.72. The molecule has 0 fully saturated rings. The Morgan fingerprint density at radius 2 is 2.64 bits per heavy atom. The fourth-order valence-corrected chi connectivity index (χ4v) is 1.20. The van der Waals surface area contributed by atoms with Crippen LogP contribution in [0.25, 0.3) is 0 Å². The molecule has 0 aliphatic carbocycles. The summed E-state index contributed by atoms with van der Waals surface area (Å²) in [7, 11) is 0. The molecule has 58 valence electrons. The number of hydrogen-bond donors (Lipinski definition) is 2. The van der Waals surface area contributed by atoms with Crippen LogP contribution in [0.3, 0.4) is 0 Å². The highest BCUT2D eigenvalue weighted by Gasteiger charge is 2.30. The van der Waals surface area contributed by atoms with Gasteiger partial charge in [0.05, 0.1) is 6.54 Å². The van der Waals surface area contributed by atoms with Gasteiger partial charge in [0.2, 0.25) is 0 Å². The molecule has 2 rings (SSSR count). The zero-order chi connectivity index (χ0) is 7.84. The number of amides is 1. The molecule has 0 aromatic rings. The Kier molecular flexibility index (Phi) is 1.12. The number of hydrogen-bond acceptors (Lipinski definition) is 4. The molecule has 2 heterocycles. The van der Waals surface area contributed by atoms with Gasteiger partial charge in [0.1, 0.15) is 12.4 Å². The van der Waals surface area contributed by atoms with Crippen LogP contribution >= 0.6 is 0 Å². The normalized spacial score (nSPS) is 28.0. The van der Waals surface area contributed by atoms with Crippen LogP contribution < -0.4 is 11.1 Å². The van der Waals surface area contributed by atoms with Gasteiger partial charge in [-0.25, -0.2) is 0 Å². The number of nitrogens with two attached hydrogens (primary N) is 1. The van der Waals surface area contributed by atoms with Gasteiger partial charge in [-0.1, -0.05) is 0 Å². The number of carbonyl (C=O) groups is 1. The number of nitrogens with zero attached hydrogens (tertiary/aromatic N) is 2. The molecular formula is C6H8N4O. The van der Waals surface area contributed by atoms with E-state index in [1.807, 2.05) is 0 Å². The monoisotopic (exact) mass is 152 g/mol. The van der Waals surface area contributed by atoms with Gasteiger partial charge in [-0.2, -0.15) is 5.10 Å². The first kappa shape index (κ1) is 6.21. The molecule has 5 nitrogen and oxygen atoms in total. The Balaban J connectivity index is 2.28. The van der Waals surface area contributed by atoms with Crippen molar-refractivity contribution in [3.8, 4) is 0 Å². The van der Waals surface area contributed by atoms with E-state index >= 15 is 0 Å². The molecule has 0 saturated carbocycles. The fraction of sp³-hybridized carbons (Fsp3) is 0.333. The van der Waals surface area contributed by atoms with Crippen molar-refractivity contribution in [3.05, 3.63) is 11.8 Å². The van der Waals surface area contributed by atoms with Crippen molar-refractivity contribution in [2.75, 3.05) is 6.54 Å². The van der Waals surface area contributed by atoms with E-state index in [1.54, 1.807) is 11.1 Å². The van der Waals surface area contributed by atoms with Crippen molar-refractivity contribution in [1.29, 1.82) is 0 Å². The summed E-state index contributed by atoms with van der Waals surface area (Å²) in [5, 5.41) is 8.09. The number of rotatable bonds is 0. The lowest BCUT2D eigenvalue weighted by Crippen LogP contribution is -2.45. The lowest BCUT2D eigenvalue weighted by atomic mass is 10.3. The summed E-state index contributed by atoms with van der Waals surface area (Å²) in [6.45, 7) is 0.550. The Labute approximate surface area is 63.5 Å². The van der Waals surface area contributed by atoms with Crippen LogP contribution in [0.15, 0.2) is 16.9 Å². The Morgan fingerprint density at radius 3 is 3.36 bits per heavy atom. The van der Waals surface area contributed by atoms with Crippen molar-refractivity contribution in [3.63, 3.8) is 0 Å². The van der Waals surface area contributed by atoms with Crippen LogP contribution in [0, 0.1) is 0 Å². The maximum atomic E-state index is 11.1. The summed E-state index contributed by atoms with van der Waals surface area (Å²) < 4.78 is 0. The number of nitrogens with one attached hydrogen (secondary N) is 1. The second kappa shape index (κ2) is 1.98. The molecule has 5 heteroatoms. The molecule has 0 saturated heterocycles. The zero-order valence-electron chi connectivity index (χ0n) is 5.82. The average molecular weight is 152 g/mol. The summed E-state index contributed by atoms with van der Waals surface area (Å²) in [6.07, 6.45) is 3.09. The van der Waals surface area contributed by atoms with Gasteiger partial charge in [0.15, 0.2) is 0 Å². The molecule has 0 bridgehead atoms. The maximum absolute atomic E-state index is 11.1. The number of fused-ring (bicyclic) bond motifs is 1. The molecule has 0 spiro atoms. The van der Waals surface area contributed by atoms with Gasteiger partial charge in [-0.15, -0.1) is 0 Å². The third-order valence-corrected chi connectivity index (χ3v) is 1.72. The van der Waals surface area contributed by atoms with Crippen LogP contribution in [0.1, 0.15) is 0 Å². The highest BCUT2D eigenvalue weighted by Crippen LogP contribution is 2.14. The first-order valence-electron chi connectivity index (χ1n) is 3.33. The molecule has 3 N–H and O–H groups in total. The Bertz CT molecular complexity index is 257. The second-order valence-corrected chi connectivity index (χ2v) is 2.54. The standard InChI is InChI=1S/C6H8N4O/c7-4-1-5-6(11)8-3-9-10(5)2-4/h1,3,5H,2,7H2,(H,8,9,11)/t5-/m0/s1. The van der Waals surface area contributed by atoms with Crippen LogP contribution in [0.5, 0.6) is 0 Å². The van der Waals surface area contributed by atoms with Crippen LogP contribution in [0.2, 0.25) is 0 Å². The van der Waals surface area contributed by atoms with Crippen molar-refractivity contribution in [1.82, 2.24) is 10.3 Å². The minimum absolute atomic E-state index is 0.0690. The number of hydrazone groups is 1. The van der Waals surface area contributed by atoms with Crippen LogP contribution in [-0.4, -0.2) is 29.8 Å². The fourth-order valence-electron chi connectivity index (χ4n) is 1.20. The number of carbonyl (C=O) groups excluding carboxylic acids is 1. The van der Waals surface area contributed by atoms with E-state index in [4.69, 9.17) is 5.73 Å². The Morgan fingerprint density at radius 1 is 1.82 bits per heavy atom. The van der Waals surface area contributed by atoms with Crippen molar-refractivity contribution in [2.45, 2.75) is 6.04 Å². The molecule has 0 unspecified atom stereocenters. The summed E-state index contributed by atoms with van der Waals surface area (Å²) in [4.78, 5) is 11.1. The summed E-state index contributed by atoms with van der Waals surface area (Å²) >= 11 is 0. The van der Waals surface area contributed by atoms with Gasteiger partial charge in [0, 0.05) is 5.70 Å². The van der Waals surface area contributed by atoms with Gasteiger partial charge in [-0.3, -0.25) is 9.80 Å². The molecule has 0 aromatic carbocycles. The first-order valence-corrected chi connectivity index (χ1v) is 3.33. The topological polar surface area (TPSA) is 70.7 Å². The lowest BCUT2D eigenvalue weighted by Gasteiger charge is -2.22. The van der Waals surface area contributed by atoms with Crippen LogP contribution in [-0.2, 0) is 4.79 Å². The molecule has 1 atom stereocenters. The third kappa shape index (κ3) is 0.849. The van der Waals surface area contributed by atoms with E-state index < -0.39 is 0 Å². The van der Waals surface area contributed by atoms with Crippen LogP contribution in [0.4, 0.5) is 0 Å². The van der Waals surface area contributed by atoms with Crippen molar-refractivity contribution in [2.24, 2.45) is 10.8 Å². The molecular weight excluding hydrogens is 144 g/mol. The Hall–Kier alpha value is -1.52. The summed E-state index contributed by atoms with van der Waals surface area (Å²) in [5.74, 6) is -0.0690. The minimum atomic E-state index is -0.292. The van der Waals surface area contributed by atoms with E-state index in [0.29, 0.717) is 12.2 Å². The zero-order valence-corrected chi connectivity index (χ0v) is 5.82. The highest BCUT2D eigenvalue weighted by molar-refractivity contribution is 5.94. The van der Waals surface area contributed by atoms with Gasteiger partial charge >= 0.3 is 0 Å². The maximum Gasteiger partial charge on any atom is 0.253 e. The van der Waals surface area contributed by atoms with Gasteiger partial charge in [0.25, 0.3) is 5.91 Å². The predicted molar refractivity (Wildman–Crippen MR) is 39.4 cm³/mol. The van der Waals surface area contributed by atoms with Crippen molar-refractivity contribution < 1.29 is 4.79 Å². The minimum Gasteiger partial charge on any atom is -0.401 e. The lowest BCUT2D eigenvalue weighted by molar-refractivity contribution is -0.123.